The van der Waals surface area contributed by atoms with E-state index < -0.39 is 9.84 Å². The number of aromatic nitrogens is 2. The van der Waals surface area contributed by atoms with Gasteiger partial charge in [-0.05, 0) is 46.9 Å². The van der Waals surface area contributed by atoms with E-state index in [1.165, 1.54) is 11.8 Å². The third-order valence-electron chi connectivity index (χ3n) is 5.57. The summed E-state index contributed by atoms with van der Waals surface area (Å²) < 4.78 is 25.2. The summed E-state index contributed by atoms with van der Waals surface area (Å²) in [6.07, 6.45) is 1.19. The van der Waals surface area contributed by atoms with E-state index >= 15 is 0 Å². The maximum Gasteiger partial charge on any atom is 0.276 e. The van der Waals surface area contributed by atoms with Gasteiger partial charge in [0, 0.05) is 17.3 Å². The Kier molecular flexibility index (Phi) is 5.84. The van der Waals surface area contributed by atoms with Crippen molar-refractivity contribution in [1.82, 2.24) is 9.78 Å². The van der Waals surface area contributed by atoms with Crippen LogP contribution in [0.3, 0.4) is 0 Å². The SMILES string of the molecule is CC(C)(C)c1ccc(NC(=O)c2nn(Cc3ccc(S(C)(=O)=O)cc3)c3ccccc23)cc1. The molecule has 170 valence electrons. The molecule has 0 aliphatic carbocycles. The van der Waals surface area contributed by atoms with Crippen molar-refractivity contribution in [2.45, 2.75) is 37.6 Å². The Balaban J connectivity index is 1.61. The Hall–Kier alpha value is -3.45. The van der Waals surface area contributed by atoms with Gasteiger partial charge in [0.15, 0.2) is 15.5 Å². The van der Waals surface area contributed by atoms with Crippen LogP contribution in [0.5, 0.6) is 0 Å². The molecule has 1 amide bonds. The van der Waals surface area contributed by atoms with Gasteiger partial charge >= 0.3 is 0 Å². The first-order valence-corrected chi connectivity index (χ1v) is 12.6. The number of carbonyl (C=O) groups excluding carboxylic acids is 1. The minimum Gasteiger partial charge on any atom is -0.321 e. The van der Waals surface area contributed by atoms with Gasteiger partial charge < -0.3 is 5.32 Å². The highest BCUT2D eigenvalue weighted by molar-refractivity contribution is 7.90. The fourth-order valence-corrected chi connectivity index (χ4v) is 4.30. The van der Waals surface area contributed by atoms with Crippen LogP contribution in [0.25, 0.3) is 10.9 Å². The van der Waals surface area contributed by atoms with E-state index in [0.29, 0.717) is 17.9 Å². The smallest absolute Gasteiger partial charge is 0.276 e. The molecule has 7 heteroatoms. The monoisotopic (exact) mass is 461 g/mol. The second-order valence-corrected chi connectivity index (χ2v) is 11.2. The first kappa shape index (κ1) is 22.7. The highest BCUT2D eigenvalue weighted by atomic mass is 32.2. The lowest BCUT2D eigenvalue weighted by Gasteiger charge is -2.19. The zero-order valence-corrected chi connectivity index (χ0v) is 20.0. The Morgan fingerprint density at radius 3 is 2.18 bits per heavy atom. The van der Waals surface area contributed by atoms with E-state index in [-0.39, 0.29) is 16.2 Å². The summed E-state index contributed by atoms with van der Waals surface area (Å²) in [5.41, 5.74) is 4.01. The van der Waals surface area contributed by atoms with Gasteiger partial charge in [-0.15, -0.1) is 0 Å². The third kappa shape index (κ3) is 4.98. The van der Waals surface area contributed by atoms with Crippen LogP contribution >= 0.6 is 0 Å². The fourth-order valence-electron chi connectivity index (χ4n) is 3.67. The molecule has 0 saturated carbocycles. The number of sulfone groups is 1. The number of nitrogens with zero attached hydrogens (tertiary/aromatic N) is 2. The number of carbonyl (C=O) groups is 1. The molecule has 0 aliphatic rings. The maximum absolute atomic E-state index is 13.1. The highest BCUT2D eigenvalue weighted by Gasteiger charge is 2.18. The van der Waals surface area contributed by atoms with Crippen LogP contribution in [-0.2, 0) is 21.8 Å². The molecule has 0 fully saturated rings. The predicted octanol–water partition coefficient (Wildman–Crippen LogP) is 5.04. The number of anilines is 1. The predicted molar refractivity (Wildman–Crippen MR) is 131 cm³/mol. The van der Waals surface area contributed by atoms with Crippen LogP contribution in [0.1, 0.15) is 42.4 Å². The molecule has 33 heavy (non-hydrogen) atoms. The van der Waals surface area contributed by atoms with Crippen LogP contribution < -0.4 is 5.32 Å². The highest BCUT2D eigenvalue weighted by Crippen LogP contribution is 2.25. The first-order valence-electron chi connectivity index (χ1n) is 10.7. The molecule has 0 atom stereocenters. The number of nitrogens with one attached hydrogen (secondary N) is 1. The van der Waals surface area contributed by atoms with Crippen LogP contribution in [0.2, 0.25) is 0 Å². The summed E-state index contributed by atoms with van der Waals surface area (Å²) in [6.45, 7) is 6.86. The van der Waals surface area contributed by atoms with Gasteiger partial charge in [0.25, 0.3) is 5.91 Å². The van der Waals surface area contributed by atoms with Gasteiger partial charge in [0.05, 0.1) is 17.0 Å². The van der Waals surface area contributed by atoms with Crippen molar-refractivity contribution in [2.75, 3.05) is 11.6 Å². The lowest BCUT2D eigenvalue weighted by Crippen LogP contribution is -2.15. The summed E-state index contributed by atoms with van der Waals surface area (Å²) >= 11 is 0. The lowest BCUT2D eigenvalue weighted by atomic mass is 9.87. The number of benzene rings is 3. The second-order valence-electron chi connectivity index (χ2n) is 9.22. The molecule has 4 rings (SSSR count). The zero-order valence-electron chi connectivity index (χ0n) is 19.2. The summed E-state index contributed by atoms with van der Waals surface area (Å²) in [5.74, 6) is -0.277. The molecule has 6 nitrogen and oxygen atoms in total. The molecule has 0 bridgehead atoms. The van der Waals surface area contributed by atoms with Crippen molar-refractivity contribution < 1.29 is 13.2 Å². The van der Waals surface area contributed by atoms with Gasteiger partial charge in [-0.1, -0.05) is 63.2 Å². The molecule has 0 radical (unpaired) electrons. The van der Waals surface area contributed by atoms with Crippen molar-refractivity contribution in [2.24, 2.45) is 0 Å². The van der Waals surface area contributed by atoms with Crippen LogP contribution in [0.15, 0.2) is 77.7 Å². The molecule has 1 aromatic heterocycles. The van der Waals surface area contributed by atoms with E-state index in [0.717, 1.165) is 16.5 Å². The third-order valence-corrected chi connectivity index (χ3v) is 6.69. The summed E-state index contributed by atoms with van der Waals surface area (Å²) in [6, 6.07) is 22.1. The second kappa shape index (κ2) is 8.48. The van der Waals surface area contributed by atoms with Crippen molar-refractivity contribution >= 4 is 32.3 Å². The number of hydrogen-bond acceptors (Lipinski definition) is 4. The van der Waals surface area contributed by atoms with Gasteiger partial charge in [-0.25, -0.2) is 8.42 Å². The molecule has 1 N–H and O–H groups in total. The average Bonchev–Trinajstić information content (AvgIpc) is 3.12. The van der Waals surface area contributed by atoms with E-state index in [4.69, 9.17) is 0 Å². The minimum absolute atomic E-state index is 0.0387. The Bertz CT molecular complexity index is 1410. The molecule has 0 aliphatic heterocycles. The summed E-state index contributed by atoms with van der Waals surface area (Å²) in [4.78, 5) is 13.3. The minimum atomic E-state index is -3.25. The Morgan fingerprint density at radius 2 is 1.58 bits per heavy atom. The molecule has 4 aromatic rings. The summed E-state index contributed by atoms with van der Waals surface area (Å²) in [5, 5.41) is 8.30. The molecule has 0 unspecified atom stereocenters. The van der Waals surface area contributed by atoms with Crippen molar-refractivity contribution in [3.63, 3.8) is 0 Å². The molecule has 3 aromatic carbocycles. The lowest BCUT2D eigenvalue weighted by molar-refractivity contribution is 0.102. The maximum atomic E-state index is 13.1. The van der Waals surface area contributed by atoms with Gasteiger partial charge in [0.2, 0.25) is 0 Å². The Morgan fingerprint density at radius 1 is 0.939 bits per heavy atom. The summed E-state index contributed by atoms with van der Waals surface area (Å²) in [7, 11) is -3.25. The van der Waals surface area contributed by atoms with Crippen molar-refractivity contribution in [3.8, 4) is 0 Å². The van der Waals surface area contributed by atoms with E-state index in [1.807, 2.05) is 48.5 Å². The quantitative estimate of drug-likeness (QED) is 0.452. The molecule has 0 spiro atoms. The van der Waals surface area contributed by atoms with Crippen LogP contribution in [0.4, 0.5) is 5.69 Å². The number of para-hydroxylation sites is 1. The normalized spacial score (nSPS) is 12.1. The van der Waals surface area contributed by atoms with Crippen molar-refractivity contribution in [1.29, 1.82) is 0 Å². The van der Waals surface area contributed by atoms with Crippen LogP contribution in [-0.4, -0.2) is 30.4 Å². The van der Waals surface area contributed by atoms with Gasteiger partial charge in [-0.2, -0.15) is 5.10 Å². The number of rotatable bonds is 5. The van der Waals surface area contributed by atoms with Gasteiger partial charge in [0.1, 0.15) is 0 Å². The zero-order chi connectivity index (χ0) is 23.8. The number of hydrogen-bond donors (Lipinski definition) is 1. The topological polar surface area (TPSA) is 81.1 Å². The molecular formula is C26H27N3O3S. The fraction of sp³-hybridized carbons (Fsp3) is 0.231. The molecule has 0 saturated heterocycles. The van der Waals surface area contributed by atoms with E-state index in [9.17, 15) is 13.2 Å². The van der Waals surface area contributed by atoms with Crippen molar-refractivity contribution in [3.05, 3.63) is 89.6 Å². The Labute approximate surface area is 194 Å². The number of amides is 1. The van der Waals surface area contributed by atoms with Gasteiger partial charge in [-0.3, -0.25) is 9.48 Å². The van der Waals surface area contributed by atoms with E-state index in [1.54, 1.807) is 28.9 Å². The van der Waals surface area contributed by atoms with Crippen LogP contribution in [0, 0.1) is 0 Å². The standard InChI is InChI=1S/C26H27N3O3S/c1-26(2,3)19-11-13-20(14-12-19)27-25(30)24-22-7-5-6-8-23(22)29(28-24)17-18-9-15-21(16-10-18)33(4,31)32/h5-16H,17H2,1-4H3,(H,27,30). The number of fused-ring (bicyclic) bond motifs is 1. The average molecular weight is 462 g/mol. The molecule has 1 heterocycles. The largest absolute Gasteiger partial charge is 0.321 e. The van der Waals surface area contributed by atoms with E-state index in [2.05, 4.69) is 31.2 Å². The first-order chi connectivity index (χ1) is 15.5. The molecular weight excluding hydrogens is 434 g/mol.